The first-order valence-corrected chi connectivity index (χ1v) is 7.75. The van der Waals surface area contributed by atoms with Crippen LogP contribution >= 0.6 is 11.3 Å². The standard InChI is InChI=1S/C15H23NO4S/c1-6-9(13(18)20-5)11(17)12-10(7-8-21-12)16-14(19)15(2,3)4/h7-9,11,17H,6H2,1-5H3,(H,16,19). The van der Waals surface area contributed by atoms with Crippen molar-refractivity contribution < 1.29 is 19.4 Å². The largest absolute Gasteiger partial charge is 0.469 e. The Balaban J connectivity index is 2.97. The van der Waals surface area contributed by atoms with E-state index in [4.69, 9.17) is 4.74 Å². The first kappa shape index (κ1) is 17.7. The molecule has 0 aliphatic heterocycles. The number of amides is 1. The average Bonchev–Trinajstić information content (AvgIpc) is 2.86. The second-order valence-corrected chi connectivity index (χ2v) is 6.83. The molecule has 0 aliphatic rings. The summed E-state index contributed by atoms with van der Waals surface area (Å²) < 4.78 is 4.72. The number of methoxy groups -OCH3 is 1. The van der Waals surface area contributed by atoms with Gasteiger partial charge in [-0.2, -0.15) is 0 Å². The zero-order valence-corrected chi connectivity index (χ0v) is 13.9. The van der Waals surface area contributed by atoms with Crippen molar-refractivity contribution >= 4 is 28.9 Å². The molecule has 1 amide bonds. The summed E-state index contributed by atoms with van der Waals surface area (Å²) in [6, 6.07) is 1.73. The van der Waals surface area contributed by atoms with E-state index in [0.717, 1.165) is 0 Å². The molecule has 0 saturated heterocycles. The molecule has 2 atom stereocenters. The van der Waals surface area contributed by atoms with Gasteiger partial charge in [0.15, 0.2) is 0 Å². The highest BCUT2D eigenvalue weighted by Gasteiger charge is 2.31. The van der Waals surface area contributed by atoms with Crippen molar-refractivity contribution in [2.24, 2.45) is 11.3 Å². The quantitative estimate of drug-likeness (QED) is 0.819. The molecule has 2 N–H and O–H groups in total. The maximum atomic E-state index is 12.1. The van der Waals surface area contributed by atoms with Crippen molar-refractivity contribution in [3.8, 4) is 0 Å². The third-order valence-electron chi connectivity index (χ3n) is 3.22. The number of esters is 1. The summed E-state index contributed by atoms with van der Waals surface area (Å²) in [4.78, 5) is 24.3. The number of ether oxygens (including phenoxy) is 1. The van der Waals surface area contributed by atoms with Crippen LogP contribution in [0.1, 0.15) is 45.1 Å². The van der Waals surface area contributed by atoms with Crippen molar-refractivity contribution in [1.82, 2.24) is 0 Å². The molecule has 2 unspecified atom stereocenters. The van der Waals surface area contributed by atoms with Crippen LogP contribution < -0.4 is 5.32 Å². The van der Waals surface area contributed by atoms with Crippen LogP contribution in [0.5, 0.6) is 0 Å². The summed E-state index contributed by atoms with van der Waals surface area (Å²) in [5.41, 5.74) is 0.0196. The molecule has 6 heteroatoms. The van der Waals surface area contributed by atoms with Gasteiger partial charge in [0.25, 0.3) is 0 Å². The van der Waals surface area contributed by atoms with Crippen molar-refractivity contribution in [2.75, 3.05) is 12.4 Å². The number of aliphatic hydroxyl groups excluding tert-OH is 1. The number of aliphatic hydroxyl groups is 1. The van der Waals surface area contributed by atoms with Crippen LogP contribution in [0.15, 0.2) is 11.4 Å². The van der Waals surface area contributed by atoms with Crippen molar-refractivity contribution in [3.63, 3.8) is 0 Å². The summed E-state index contributed by atoms with van der Waals surface area (Å²) >= 11 is 1.31. The van der Waals surface area contributed by atoms with E-state index >= 15 is 0 Å². The van der Waals surface area contributed by atoms with Crippen LogP contribution in [0.2, 0.25) is 0 Å². The van der Waals surface area contributed by atoms with E-state index in [1.807, 2.05) is 27.7 Å². The lowest BCUT2D eigenvalue weighted by Gasteiger charge is -2.22. The van der Waals surface area contributed by atoms with Gasteiger partial charge in [0.05, 0.1) is 23.6 Å². The van der Waals surface area contributed by atoms with Gasteiger partial charge in [-0.25, -0.2) is 0 Å². The molecule has 1 aromatic heterocycles. The van der Waals surface area contributed by atoms with Gasteiger partial charge >= 0.3 is 5.97 Å². The lowest BCUT2D eigenvalue weighted by Crippen LogP contribution is -2.28. The molecule has 1 rings (SSSR count). The predicted molar refractivity (Wildman–Crippen MR) is 83.2 cm³/mol. The fourth-order valence-electron chi connectivity index (χ4n) is 1.82. The van der Waals surface area contributed by atoms with Gasteiger partial charge < -0.3 is 15.2 Å². The van der Waals surface area contributed by atoms with E-state index < -0.39 is 23.4 Å². The first-order chi connectivity index (χ1) is 9.72. The van der Waals surface area contributed by atoms with Crippen LogP contribution in [0.4, 0.5) is 5.69 Å². The number of rotatable bonds is 5. The van der Waals surface area contributed by atoms with E-state index in [-0.39, 0.29) is 5.91 Å². The second kappa shape index (κ2) is 7.04. The molecule has 5 nitrogen and oxygen atoms in total. The smallest absolute Gasteiger partial charge is 0.311 e. The number of anilines is 1. The highest BCUT2D eigenvalue weighted by molar-refractivity contribution is 7.10. The van der Waals surface area contributed by atoms with Gasteiger partial charge in [0.2, 0.25) is 5.91 Å². The molecular weight excluding hydrogens is 290 g/mol. The molecule has 0 saturated carbocycles. The van der Waals surface area contributed by atoms with Crippen molar-refractivity contribution in [2.45, 2.75) is 40.2 Å². The summed E-state index contributed by atoms with van der Waals surface area (Å²) in [6.45, 7) is 7.25. The van der Waals surface area contributed by atoms with Crippen LogP contribution in [-0.2, 0) is 14.3 Å². The minimum Gasteiger partial charge on any atom is -0.469 e. The maximum Gasteiger partial charge on any atom is 0.311 e. The minimum atomic E-state index is -0.988. The van der Waals surface area contributed by atoms with Gasteiger partial charge in [0, 0.05) is 5.41 Å². The molecule has 0 fully saturated rings. The highest BCUT2D eigenvalue weighted by atomic mass is 32.1. The molecule has 0 radical (unpaired) electrons. The molecule has 0 aliphatic carbocycles. The Hall–Kier alpha value is -1.40. The molecule has 0 spiro atoms. The van der Waals surface area contributed by atoms with Gasteiger partial charge in [0.1, 0.15) is 6.10 Å². The van der Waals surface area contributed by atoms with E-state index in [1.54, 1.807) is 11.4 Å². The Labute approximate surface area is 129 Å². The third kappa shape index (κ3) is 4.28. The fraction of sp³-hybridized carbons (Fsp3) is 0.600. The molecule has 21 heavy (non-hydrogen) atoms. The Kier molecular flexibility index (Phi) is 5.92. The number of hydrogen-bond acceptors (Lipinski definition) is 5. The minimum absolute atomic E-state index is 0.138. The fourth-order valence-corrected chi connectivity index (χ4v) is 2.72. The summed E-state index contributed by atoms with van der Waals surface area (Å²) in [7, 11) is 1.30. The summed E-state index contributed by atoms with van der Waals surface area (Å²) in [6.07, 6.45) is -0.531. The number of carbonyl (C=O) groups excluding carboxylic acids is 2. The first-order valence-electron chi connectivity index (χ1n) is 6.87. The Morgan fingerprint density at radius 3 is 2.52 bits per heavy atom. The zero-order valence-electron chi connectivity index (χ0n) is 13.1. The van der Waals surface area contributed by atoms with Gasteiger partial charge in [-0.05, 0) is 17.9 Å². The average molecular weight is 313 g/mol. The molecule has 1 heterocycles. The van der Waals surface area contributed by atoms with Gasteiger partial charge in [-0.15, -0.1) is 11.3 Å². The molecule has 1 aromatic rings. The number of nitrogens with one attached hydrogen (secondary N) is 1. The van der Waals surface area contributed by atoms with Crippen LogP contribution in [-0.4, -0.2) is 24.1 Å². The van der Waals surface area contributed by atoms with E-state index in [9.17, 15) is 14.7 Å². The topological polar surface area (TPSA) is 75.6 Å². The third-order valence-corrected chi connectivity index (χ3v) is 4.21. The lowest BCUT2D eigenvalue weighted by atomic mass is 9.95. The van der Waals surface area contributed by atoms with Gasteiger partial charge in [-0.3, -0.25) is 9.59 Å². The number of hydrogen-bond donors (Lipinski definition) is 2. The van der Waals surface area contributed by atoms with E-state index in [1.165, 1.54) is 18.4 Å². The molecular formula is C15H23NO4S. The van der Waals surface area contributed by atoms with Crippen LogP contribution in [0, 0.1) is 11.3 Å². The van der Waals surface area contributed by atoms with Gasteiger partial charge in [-0.1, -0.05) is 27.7 Å². The molecule has 0 bridgehead atoms. The van der Waals surface area contributed by atoms with E-state index in [0.29, 0.717) is 17.0 Å². The van der Waals surface area contributed by atoms with Crippen LogP contribution in [0.3, 0.4) is 0 Å². The normalized spacial score (nSPS) is 14.4. The number of carbonyl (C=O) groups is 2. The van der Waals surface area contributed by atoms with E-state index in [2.05, 4.69) is 5.32 Å². The predicted octanol–water partition coefficient (Wildman–Crippen LogP) is 2.97. The highest BCUT2D eigenvalue weighted by Crippen LogP contribution is 2.35. The monoisotopic (exact) mass is 313 g/mol. The summed E-state index contributed by atoms with van der Waals surface area (Å²) in [5, 5.41) is 15.0. The second-order valence-electron chi connectivity index (χ2n) is 5.89. The Bertz CT molecular complexity index is 504. The molecule has 0 aromatic carbocycles. The SMILES string of the molecule is CCC(C(=O)OC)C(O)c1sccc1NC(=O)C(C)(C)C. The maximum absolute atomic E-state index is 12.1. The molecule has 118 valence electrons. The zero-order chi connectivity index (χ0) is 16.2. The summed E-state index contributed by atoms with van der Waals surface area (Å²) in [5.74, 6) is -1.23. The van der Waals surface area contributed by atoms with Crippen molar-refractivity contribution in [3.05, 3.63) is 16.3 Å². The Morgan fingerprint density at radius 1 is 1.43 bits per heavy atom. The van der Waals surface area contributed by atoms with Crippen molar-refractivity contribution in [1.29, 1.82) is 0 Å². The Morgan fingerprint density at radius 2 is 2.05 bits per heavy atom. The van der Waals surface area contributed by atoms with Crippen LogP contribution in [0.25, 0.3) is 0 Å². The lowest BCUT2D eigenvalue weighted by molar-refractivity contribution is -0.149. The number of thiophene rings is 1.